The van der Waals surface area contributed by atoms with E-state index >= 15 is 4.39 Å². The topological polar surface area (TPSA) is 133 Å². The SMILES string of the molecule is CC(O)c1ccc(-c2ccc3c(N4CCOCC4)nc(-c4ccc(NC(=O)Nc5ccc(C(=O)N(C)C)cc5)c(F)c4)nc3c2)o1. The summed E-state index contributed by atoms with van der Waals surface area (Å²) in [6.07, 6.45) is -0.735. The van der Waals surface area contributed by atoms with Crippen LogP contribution in [0.2, 0.25) is 0 Å². The van der Waals surface area contributed by atoms with Crippen molar-refractivity contribution in [2.75, 3.05) is 55.9 Å². The molecule has 0 bridgehead atoms. The number of carbonyl (C=O) groups excluding carboxylic acids is 2. The van der Waals surface area contributed by atoms with Crippen molar-refractivity contribution >= 4 is 40.0 Å². The van der Waals surface area contributed by atoms with Gasteiger partial charge < -0.3 is 34.7 Å². The molecule has 3 aromatic carbocycles. The summed E-state index contributed by atoms with van der Waals surface area (Å²) in [5, 5.41) is 15.9. The Balaban J connectivity index is 1.27. The van der Waals surface area contributed by atoms with Gasteiger partial charge in [0.1, 0.15) is 29.3 Å². The number of aromatic nitrogens is 2. The van der Waals surface area contributed by atoms with Crippen LogP contribution in [0.25, 0.3) is 33.6 Å². The third kappa shape index (κ3) is 6.53. The molecule has 6 rings (SSSR count). The zero-order chi connectivity index (χ0) is 32.4. The van der Waals surface area contributed by atoms with E-state index in [1.165, 1.54) is 17.0 Å². The fourth-order valence-corrected chi connectivity index (χ4v) is 5.14. The standard InChI is InChI=1S/C34H33FN6O5/c1-20(42)29-12-13-30(46-29)22-6-10-25-28(19-22)37-31(39-32(25)41-14-16-45-17-15-41)23-7-11-27(26(35)18-23)38-34(44)36-24-8-4-21(5-9-24)33(43)40(2)3/h4-13,18-20,42H,14-17H2,1-3H3,(H2,36,38,44). The summed E-state index contributed by atoms with van der Waals surface area (Å²) in [6, 6.07) is 19.4. The lowest BCUT2D eigenvalue weighted by Crippen LogP contribution is -2.37. The van der Waals surface area contributed by atoms with Crippen molar-refractivity contribution in [3.05, 3.63) is 89.9 Å². The van der Waals surface area contributed by atoms with Crippen LogP contribution in [0.5, 0.6) is 0 Å². The molecule has 46 heavy (non-hydrogen) atoms. The highest BCUT2D eigenvalue weighted by molar-refractivity contribution is 6.01. The number of morpholine rings is 1. The smallest absolute Gasteiger partial charge is 0.323 e. The number of anilines is 3. The molecule has 0 saturated carbocycles. The summed E-state index contributed by atoms with van der Waals surface area (Å²) in [4.78, 5) is 38.0. The second-order valence-electron chi connectivity index (χ2n) is 11.1. The summed E-state index contributed by atoms with van der Waals surface area (Å²) >= 11 is 0. The zero-order valence-electron chi connectivity index (χ0n) is 25.6. The third-order valence-corrected chi connectivity index (χ3v) is 7.58. The van der Waals surface area contributed by atoms with Crippen molar-refractivity contribution < 1.29 is 28.2 Å². The van der Waals surface area contributed by atoms with Gasteiger partial charge in [0.15, 0.2) is 5.82 Å². The quantitative estimate of drug-likeness (QED) is 0.203. The first kappa shape index (κ1) is 30.7. The molecule has 0 spiro atoms. The Kier molecular flexibility index (Phi) is 8.64. The zero-order valence-corrected chi connectivity index (χ0v) is 25.6. The van der Waals surface area contributed by atoms with Gasteiger partial charge in [0.05, 0.1) is 24.4 Å². The van der Waals surface area contributed by atoms with Crippen molar-refractivity contribution in [2.24, 2.45) is 0 Å². The molecular weight excluding hydrogens is 591 g/mol. The number of benzene rings is 3. The minimum atomic E-state index is -0.735. The molecule has 5 aromatic rings. The second kappa shape index (κ2) is 13.0. The van der Waals surface area contributed by atoms with Crippen molar-refractivity contribution in [1.29, 1.82) is 0 Å². The van der Waals surface area contributed by atoms with Gasteiger partial charge in [-0.2, -0.15) is 0 Å². The maximum Gasteiger partial charge on any atom is 0.323 e. The van der Waals surface area contributed by atoms with Crippen LogP contribution in [-0.2, 0) is 4.74 Å². The molecular formula is C34H33FN6O5. The Morgan fingerprint density at radius 3 is 2.35 bits per heavy atom. The number of amides is 3. The van der Waals surface area contributed by atoms with Gasteiger partial charge in [-0.05, 0) is 73.7 Å². The largest absolute Gasteiger partial charge is 0.458 e. The van der Waals surface area contributed by atoms with Crippen LogP contribution in [0.3, 0.4) is 0 Å². The highest BCUT2D eigenvalue weighted by Crippen LogP contribution is 2.33. The van der Waals surface area contributed by atoms with Crippen LogP contribution in [-0.4, -0.2) is 72.3 Å². The molecule has 0 radical (unpaired) electrons. The molecule has 12 heteroatoms. The van der Waals surface area contributed by atoms with Gasteiger partial charge in [0.2, 0.25) is 0 Å². The number of rotatable bonds is 7. The van der Waals surface area contributed by atoms with E-state index in [0.717, 1.165) is 10.9 Å². The van der Waals surface area contributed by atoms with Crippen LogP contribution < -0.4 is 15.5 Å². The van der Waals surface area contributed by atoms with E-state index in [0.29, 0.717) is 71.8 Å². The summed E-state index contributed by atoms with van der Waals surface area (Å²) in [5.74, 6) is 1.25. The average Bonchev–Trinajstić information content (AvgIpc) is 3.56. The maximum absolute atomic E-state index is 15.4. The fourth-order valence-electron chi connectivity index (χ4n) is 5.14. The molecule has 1 unspecified atom stereocenters. The van der Waals surface area contributed by atoms with Crippen LogP contribution in [0.1, 0.15) is 29.1 Å². The monoisotopic (exact) mass is 624 g/mol. The van der Waals surface area contributed by atoms with Crippen LogP contribution in [0, 0.1) is 5.82 Å². The minimum Gasteiger partial charge on any atom is -0.458 e. The number of nitrogens with one attached hydrogen (secondary N) is 2. The first-order valence-electron chi connectivity index (χ1n) is 14.8. The number of urea groups is 1. The highest BCUT2D eigenvalue weighted by Gasteiger charge is 2.20. The minimum absolute atomic E-state index is 0.0242. The van der Waals surface area contributed by atoms with Gasteiger partial charge in [-0.25, -0.2) is 19.2 Å². The Labute approximate surface area is 264 Å². The van der Waals surface area contributed by atoms with Gasteiger partial charge in [0.25, 0.3) is 5.91 Å². The van der Waals surface area contributed by atoms with Crippen LogP contribution >= 0.6 is 0 Å². The molecule has 3 N–H and O–H groups in total. The number of aliphatic hydroxyl groups excluding tert-OH is 1. The number of nitrogens with zero attached hydrogens (tertiary/aromatic N) is 4. The molecule has 1 aliphatic heterocycles. The van der Waals surface area contributed by atoms with Gasteiger partial charge in [0, 0.05) is 54.9 Å². The summed E-state index contributed by atoms with van der Waals surface area (Å²) in [7, 11) is 3.31. The van der Waals surface area contributed by atoms with E-state index in [1.807, 2.05) is 18.2 Å². The van der Waals surface area contributed by atoms with Crippen LogP contribution in [0.4, 0.5) is 26.4 Å². The van der Waals surface area contributed by atoms with E-state index in [9.17, 15) is 14.7 Å². The van der Waals surface area contributed by atoms with Crippen molar-refractivity contribution in [3.63, 3.8) is 0 Å². The second-order valence-corrected chi connectivity index (χ2v) is 11.1. The van der Waals surface area contributed by atoms with Gasteiger partial charge in [-0.3, -0.25) is 4.79 Å². The summed E-state index contributed by atoms with van der Waals surface area (Å²) in [5.41, 5.74) is 2.74. The van der Waals surface area contributed by atoms with Crippen molar-refractivity contribution in [1.82, 2.24) is 14.9 Å². The molecule has 1 saturated heterocycles. The Morgan fingerprint density at radius 1 is 0.935 bits per heavy atom. The molecule has 0 aliphatic carbocycles. The predicted molar refractivity (Wildman–Crippen MR) is 173 cm³/mol. The number of hydrogen-bond donors (Lipinski definition) is 3. The van der Waals surface area contributed by atoms with E-state index in [2.05, 4.69) is 15.5 Å². The lowest BCUT2D eigenvalue weighted by atomic mass is 10.1. The molecule has 3 heterocycles. The van der Waals surface area contributed by atoms with E-state index in [1.54, 1.807) is 63.5 Å². The van der Waals surface area contributed by atoms with Crippen molar-refractivity contribution in [2.45, 2.75) is 13.0 Å². The maximum atomic E-state index is 15.4. The van der Waals surface area contributed by atoms with Crippen molar-refractivity contribution in [3.8, 4) is 22.7 Å². The highest BCUT2D eigenvalue weighted by atomic mass is 19.1. The molecule has 1 atom stereocenters. The fraction of sp³-hybridized carbons (Fsp3) is 0.235. The Hall–Kier alpha value is -5.33. The van der Waals surface area contributed by atoms with Gasteiger partial charge in [-0.15, -0.1) is 0 Å². The third-order valence-electron chi connectivity index (χ3n) is 7.58. The number of halogens is 1. The number of aliphatic hydroxyl groups is 1. The van der Waals surface area contributed by atoms with E-state index < -0.39 is 18.0 Å². The molecule has 2 aromatic heterocycles. The normalized spacial score (nSPS) is 13.8. The predicted octanol–water partition coefficient (Wildman–Crippen LogP) is 5.93. The molecule has 11 nitrogen and oxygen atoms in total. The number of furan rings is 1. The Bertz CT molecular complexity index is 1900. The average molecular weight is 625 g/mol. The number of ether oxygens (including phenoxy) is 1. The summed E-state index contributed by atoms with van der Waals surface area (Å²) in [6.45, 7) is 4.04. The first-order valence-corrected chi connectivity index (χ1v) is 14.8. The number of carbonyl (C=O) groups is 2. The van der Waals surface area contributed by atoms with Crippen LogP contribution in [0.15, 0.2) is 77.2 Å². The summed E-state index contributed by atoms with van der Waals surface area (Å²) < 4.78 is 26.8. The Morgan fingerprint density at radius 2 is 1.67 bits per heavy atom. The molecule has 1 fully saturated rings. The lowest BCUT2D eigenvalue weighted by molar-refractivity contribution is 0.0827. The van der Waals surface area contributed by atoms with E-state index in [-0.39, 0.29) is 11.6 Å². The van der Waals surface area contributed by atoms with Gasteiger partial charge >= 0.3 is 6.03 Å². The first-order chi connectivity index (χ1) is 22.2. The van der Waals surface area contributed by atoms with E-state index in [4.69, 9.17) is 19.1 Å². The molecule has 1 aliphatic rings. The number of fused-ring (bicyclic) bond motifs is 1. The van der Waals surface area contributed by atoms with Gasteiger partial charge in [-0.1, -0.05) is 6.07 Å². The molecule has 3 amide bonds. The number of hydrogen-bond acceptors (Lipinski definition) is 8. The lowest BCUT2D eigenvalue weighted by Gasteiger charge is -2.29. The molecule has 236 valence electrons.